The highest BCUT2D eigenvalue weighted by Crippen LogP contribution is 2.27. The Bertz CT molecular complexity index is 620. The second-order valence-corrected chi connectivity index (χ2v) is 6.20. The molecule has 0 aliphatic carbocycles. The van der Waals surface area contributed by atoms with Gasteiger partial charge in [-0.05, 0) is 13.3 Å². The molecule has 1 rings (SSSR count). The molecule has 0 fully saturated rings. The van der Waals surface area contributed by atoms with Crippen molar-refractivity contribution in [3.05, 3.63) is 17.6 Å². The number of aryl methyl sites for hydroxylation is 1. The first kappa shape index (κ1) is 17.5. The Kier molecular flexibility index (Phi) is 5.05. The summed E-state index contributed by atoms with van der Waals surface area (Å²) in [5.41, 5.74) is 0. The van der Waals surface area contributed by atoms with Gasteiger partial charge in [-0.2, -0.15) is 17.5 Å². The zero-order valence-electron chi connectivity index (χ0n) is 11.3. The SMILES string of the molecule is CCCN(CC(F)(F)F)S(=O)(=O)c1cc(C(=O)O)oc1C. The van der Waals surface area contributed by atoms with Crippen molar-refractivity contribution in [1.82, 2.24) is 4.31 Å². The standard InChI is InChI=1S/C11H14F3NO5S/c1-3-4-15(6-11(12,13)14)21(18,19)9-5-8(10(16)17)20-7(9)2/h5H,3-4,6H2,1-2H3,(H,16,17). The van der Waals surface area contributed by atoms with Crippen LogP contribution in [-0.4, -0.2) is 43.1 Å². The van der Waals surface area contributed by atoms with Crippen LogP contribution in [0.15, 0.2) is 15.4 Å². The van der Waals surface area contributed by atoms with E-state index in [2.05, 4.69) is 0 Å². The summed E-state index contributed by atoms with van der Waals surface area (Å²) < 4.78 is 66.9. The number of carboxylic acids is 1. The van der Waals surface area contributed by atoms with E-state index in [4.69, 9.17) is 9.52 Å². The van der Waals surface area contributed by atoms with Gasteiger partial charge >= 0.3 is 12.1 Å². The molecule has 0 bridgehead atoms. The van der Waals surface area contributed by atoms with E-state index in [1.807, 2.05) is 0 Å². The van der Waals surface area contributed by atoms with Crippen molar-refractivity contribution < 1.29 is 35.9 Å². The van der Waals surface area contributed by atoms with Gasteiger partial charge in [-0.1, -0.05) is 6.92 Å². The average molecular weight is 329 g/mol. The maximum atomic E-state index is 12.5. The van der Waals surface area contributed by atoms with Crippen LogP contribution in [0.4, 0.5) is 13.2 Å². The molecule has 0 unspecified atom stereocenters. The number of carboxylic acid groups (broad SMARTS) is 1. The van der Waals surface area contributed by atoms with Crippen molar-refractivity contribution in [2.45, 2.75) is 31.3 Å². The fraction of sp³-hybridized carbons (Fsp3) is 0.545. The van der Waals surface area contributed by atoms with E-state index in [1.165, 1.54) is 13.8 Å². The first-order chi connectivity index (χ1) is 9.49. The van der Waals surface area contributed by atoms with Crippen molar-refractivity contribution in [3.8, 4) is 0 Å². The van der Waals surface area contributed by atoms with Gasteiger partial charge in [0.05, 0.1) is 0 Å². The van der Waals surface area contributed by atoms with Gasteiger partial charge in [0.1, 0.15) is 17.2 Å². The van der Waals surface area contributed by atoms with Crippen LogP contribution in [0, 0.1) is 6.92 Å². The summed E-state index contributed by atoms with van der Waals surface area (Å²) in [6, 6.07) is 0.714. The summed E-state index contributed by atoms with van der Waals surface area (Å²) in [6.07, 6.45) is -4.52. The molecule has 1 N–H and O–H groups in total. The third-order valence-electron chi connectivity index (χ3n) is 2.53. The Morgan fingerprint density at radius 2 is 2.00 bits per heavy atom. The van der Waals surface area contributed by atoms with Crippen molar-refractivity contribution in [3.63, 3.8) is 0 Å². The molecule has 0 aliphatic rings. The van der Waals surface area contributed by atoms with E-state index in [0.717, 1.165) is 0 Å². The first-order valence-corrected chi connectivity index (χ1v) is 7.33. The third-order valence-corrected chi connectivity index (χ3v) is 4.48. The number of furan rings is 1. The van der Waals surface area contributed by atoms with Gasteiger partial charge in [0, 0.05) is 12.6 Å². The van der Waals surface area contributed by atoms with Crippen LogP contribution in [0.1, 0.15) is 29.7 Å². The molecular formula is C11H14F3NO5S. The van der Waals surface area contributed by atoms with Crippen LogP contribution in [-0.2, 0) is 10.0 Å². The molecule has 0 radical (unpaired) electrons. The van der Waals surface area contributed by atoms with E-state index < -0.39 is 39.4 Å². The van der Waals surface area contributed by atoms with Crippen LogP contribution in [0.2, 0.25) is 0 Å². The minimum atomic E-state index is -4.70. The lowest BCUT2D eigenvalue weighted by molar-refractivity contribution is -0.136. The monoisotopic (exact) mass is 329 g/mol. The molecule has 0 amide bonds. The molecule has 0 spiro atoms. The Morgan fingerprint density at radius 3 is 2.38 bits per heavy atom. The molecule has 21 heavy (non-hydrogen) atoms. The lowest BCUT2D eigenvalue weighted by Gasteiger charge is -2.22. The smallest absolute Gasteiger partial charge is 0.402 e. The van der Waals surface area contributed by atoms with Crippen LogP contribution < -0.4 is 0 Å². The molecule has 6 nitrogen and oxygen atoms in total. The van der Waals surface area contributed by atoms with Gasteiger partial charge in [-0.15, -0.1) is 0 Å². The number of halogens is 3. The minimum absolute atomic E-state index is 0.179. The number of nitrogens with zero attached hydrogens (tertiary/aromatic N) is 1. The maximum Gasteiger partial charge on any atom is 0.402 e. The van der Waals surface area contributed by atoms with Gasteiger partial charge < -0.3 is 9.52 Å². The Balaban J connectivity index is 3.25. The van der Waals surface area contributed by atoms with Crippen LogP contribution >= 0.6 is 0 Å². The topological polar surface area (TPSA) is 87.8 Å². The molecule has 0 saturated heterocycles. The van der Waals surface area contributed by atoms with Gasteiger partial charge in [0.15, 0.2) is 0 Å². The van der Waals surface area contributed by atoms with E-state index in [0.29, 0.717) is 6.07 Å². The van der Waals surface area contributed by atoms with Gasteiger partial charge in [0.25, 0.3) is 0 Å². The lowest BCUT2D eigenvalue weighted by Crippen LogP contribution is -2.39. The summed E-state index contributed by atoms with van der Waals surface area (Å²) in [5, 5.41) is 8.73. The number of aromatic carboxylic acids is 1. The fourth-order valence-electron chi connectivity index (χ4n) is 1.70. The Hall–Kier alpha value is -1.55. The van der Waals surface area contributed by atoms with Crippen LogP contribution in [0.5, 0.6) is 0 Å². The van der Waals surface area contributed by atoms with E-state index in [9.17, 15) is 26.4 Å². The zero-order chi connectivity index (χ0) is 16.4. The Morgan fingerprint density at radius 1 is 1.43 bits per heavy atom. The summed E-state index contributed by atoms with van der Waals surface area (Å²) in [5.74, 6) is -2.41. The Labute approximate surface area is 119 Å². The van der Waals surface area contributed by atoms with Crippen molar-refractivity contribution >= 4 is 16.0 Å². The summed E-state index contributed by atoms with van der Waals surface area (Å²) in [4.78, 5) is 10.2. The van der Waals surface area contributed by atoms with Gasteiger partial charge in [-0.25, -0.2) is 13.2 Å². The highest BCUT2D eigenvalue weighted by atomic mass is 32.2. The van der Waals surface area contributed by atoms with E-state index in [1.54, 1.807) is 0 Å². The summed E-state index contributed by atoms with van der Waals surface area (Å²) in [7, 11) is -4.48. The predicted octanol–water partition coefficient (Wildman–Crippen LogP) is 2.25. The second-order valence-electron chi connectivity index (χ2n) is 4.29. The third kappa shape index (κ3) is 4.21. The zero-order valence-corrected chi connectivity index (χ0v) is 12.1. The first-order valence-electron chi connectivity index (χ1n) is 5.89. The fourth-order valence-corrected chi connectivity index (χ4v) is 3.38. The van der Waals surface area contributed by atoms with Gasteiger partial charge in [0.2, 0.25) is 15.8 Å². The van der Waals surface area contributed by atoms with Crippen LogP contribution in [0.25, 0.3) is 0 Å². The highest BCUT2D eigenvalue weighted by Gasteiger charge is 2.38. The predicted molar refractivity (Wildman–Crippen MR) is 65.5 cm³/mol. The number of rotatable bonds is 6. The normalized spacial score (nSPS) is 12.9. The molecule has 0 saturated carbocycles. The maximum absolute atomic E-state index is 12.5. The van der Waals surface area contributed by atoms with Crippen molar-refractivity contribution in [2.24, 2.45) is 0 Å². The summed E-state index contributed by atoms with van der Waals surface area (Å²) in [6.45, 7) is 0.728. The molecule has 0 aromatic carbocycles. The largest absolute Gasteiger partial charge is 0.475 e. The summed E-state index contributed by atoms with van der Waals surface area (Å²) >= 11 is 0. The second kappa shape index (κ2) is 6.06. The molecule has 0 aliphatic heterocycles. The number of carbonyl (C=O) groups is 1. The van der Waals surface area contributed by atoms with E-state index >= 15 is 0 Å². The molecule has 10 heteroatoms. The van der Waals surface area contributed by atoms with Gasteiger partial charge in [-0.3, -0.25) is 0 Å². The average Bonchev–Trinajstić information content (AvgIpc) is 2.70. The van der Waals surface area contributed by atoms with Crippen molar-refractivity contribution in [2.75, 3.05) is 13.1 Å². The molecule has 120 valence electrons. The van der Waals surface area contributed by atoms with Crippen molar-refractivity contribution in [1.29, 1.82) is 0 Å². The lowest BCUT2D eigenvalue weighted by atomic mass is 10.4. The number of hydrogen-bond donors (Lipinski definition) is 1. The molecule has 1 aromatic rings. The molecule has 1 aromatic heterocycles. The number of alkyl halides is 3. The quantitative estimate of drug-likeness (QED) is 0.865. The van der Waals surface area contributed by atoms with E-state index in [-0.39, 0.29) is 23.0 Å². The number of sulfonamides is 1. The van der Waals surface area contributed by atoms with Crippen LogP contribution in [0.3, 0.4) is 0 Å². The highest BCUT2D eigenvalue weighted by molar-refractivity contribution is 7.89. The molecule has 1 heterocycles. The molecule has 0 atom stereocenters. The number of hydrogen-bond acceptors (Lipinski definition) is 4. The minimum Gasteiger partial charge on any atom is -0.475 e. The molecular weight excluding hydrogens is 315 g/mol.